The lowest BCUT2D eigenvalue weighted by Crippen LogP contribution is -2.54. The minimum Gasteiger partial charge on any atom is -0.480 e. The Morgan fingerprint density at radius 1 is 1.33 bits per heavy atom. The normalized spacial score (nSPS) is 16.2. The van der Waals surface area contributed by atoms with E-state index in [4.69, 9.17) is 11.1 Å². The number of aromatic nitrogens is 1. The number of aliphatic carboxylic acids is 1. The molecule has 5 N–H and O–H groups in total. The summed E-state index contributed by atoms with van der Waals surface area (Å²) in [6.07, 6.45) is 1.78. The predicted molar refractivity (Wildman–Crippen MR) is 108 cm³/mol. The number of carboxylic acid groups (broad SMARTS) is 1. The van der Waals surface area contributed by atoms with E-state index in [1.54, 1.807) is 25.2 Å². The van der Waals surface area contributed by atoms with E-state index < -0.39 is 11.5 Å². The van der Waals surface area contributed by atoms with Crippen LogP contribution in [0, 0.1) is 5.41 Å². The van der Waals surface area contributed by atoms with Crippen LogP contribution < -0.4 is 11.1 Å². The van der Waals surface area contributed by atoms with Crippen molar-refractivity contribution in [3.63, 3.8) is 0 Å². The van der Waals surface area contributed by atoms with Crippen molar-refractivity contribution in [2.45, 2.75) is 38.3 Å². The van der Waals surface area contributed by atoms with Crippen molar-refractivity contribution in [1.29, 1.82) is 5.41 Å². The van der Waals surface area contributed by atoms with Crippen LogP contribution in [-0.2, 0) is 4.79 Å². The van der Waals surface area contributed by atoms with Gasteiger partial charge < -0.3 is 16.2 Å². The number of nitrogens with one attached hydrogen (secondary N) is 2. The molecule has 144 valence electrons. The maximum absolute atomic E-state index is 11.4. The van der Waals surface area contributed by atoms with Crippen LogP contribution in [0.15, 0.2) is 29.6 Å². The van der Waals surface area contributed by atoms with E-state index >= 15 is 0 Å². The second kappa shape index (κ2) is 7.66. The van der Waals surface area contributed by atoms with Crippen LogP contribution in [0.2, 0.25) is 0 Å². The standard InChI is InChI=1S/C19H25N5O2S/c1-19(2,17(25)26)24-9-7-14(8-10-24)22-18-23-15(11-27-18)12-3-5-13(6-4-12)16(20)21/h3-6,11,14H,7-10H2,1-2H3,(H3,20,21)(H,22,23)(H,25,26). The average Bonchev–Trinajstić information content (AvgIpc) is 3.10. The third-order valence-electron chi connectivity index (χ3n) is 5.13. The number of piperidine rings is 1. The highest BCUT2D eigenvalue weighted by atomic mass is 32.1. The van der Waals surface area contributed by atoms with Crippen molar-refractivity contribution >= 4 is 28.3 Å². The van der Waals surface area contributed by atoms with Crippen LogP contribution in [0.5, 0.6) is 0 Å². The first-order valence-electron chi connectivity index (χ1n) is 8.92. The topological polar surface area (TPSA) is 115 Å². The van der Waals surface area contributed by atoms with Gasteiger partial charge in [0.2, 0.25) is 0 Å². The zero-order valence-corrected chi connectivity index (χ0v) is 16.3. The Labute approximate surface area is 162 Å². The van der Waals surface area contributed by atoms with Crippen molar-refractivity contribution in [2.24, 2.45) is 5.73 Å². The molecule has 7 nitrogen and oxygen atoms in total. The smallest absolute Gasteiger partial charge is 0.323 e. The summed E-state index contributed by atoms with van der Waals surface area (Å²) in [5.41, 5.74) is 7.24. The number of anilines is 1. The number of likely N-dealkylation sites (tertiary alicyclic amines) is 1. The van der Waals surface area contributed by atoms with Crippen molar-refractivity contribution in [3.05, 3.63) is 35.2 Å². The number of carbonyl (C=O) groups is 1. The molecule has 0 atom stereocenters. The van der Waals surface area contributed by atoms with Gasteiger partial charge in [0.15, 0.2) is 5.13 Å². The van der Waals surface area contributed by atoms with Gasteiger partial charge in [-0.1, -0.05) is 24.3 Å². The van der Waals surface area contributed by atoms with E-state index in [1.807, 2.05) is 34.5 Å². The molecule has 27 heavy (non-hydrogen) atoms. The highest BCUT2D eigenvalue weighted by molar-refractivity contribution is 7.14. The van der Waals surface area contributed by atoms with Gasteiger partial charge in [0.25, 0.3) is 0 Å². The van der Waals surface area contributed by atoms with Gasteiger partial charge in [0.05, 0.1) is 5.69 Å². The number of carboxylic acids is 1. The molecule has 0 spiro atoms. The average molecular weight is 388 g/mol. The minimum atomic E-state index is -0.828. The van der Waals surface area contributed by atoms with Crippen LogP contribution in [0.1, 0.15) is 32.3 Å². The summed E-state index contributed by atoms with van der Waals surface area (Å²) >= 11 is 1.56. The Hall–Kier alpha value is -2.45. The summed E-state index contributed by atoms with van der Waals surface area (Å²) in [5.74, 6) is -0.728. The molecule has 3 rings (SSSR count). The Morgan fingerprint density at radius 3 is 2.52 bits per heavy atom. The van der Waals surface area contributed by atoms with Crippen molar-refractivity contribution in [1.82, 2.24) is 9.88 Å². The van der Waals surface area contributed by atoms with E-state index in [-0.39, 0.29) is 5.84 Å². The summed E-state index contributed by atoms with van der Waals surface area (Å²) < 4.78 is 0. The molecule has 8 heteroatoms. The molecule has 0 bridgehead atoms. The molecule has 0 aliphatic carbocycles. The fourth-order valence-corrected chi connectivity index (χ4v) is 3.98. The molecule has 1 aromatic carbocycles. The molecular weight excluding hydrogens is 362 g/mol. The van der Waals surface area contributed by atoms with E-state index in [0.29, 0.717) is 11.6 Å². The number of nitrogens with two attached hydrogens (primary N) is 1. The third kappa shape index (κ3) is 4.28. The molecule has 0 radical (unpaired) electrons. The largest absolute Gasteiger partial charge is 0.480 e. The summed E-state index contributed by atoms with van der Waals surface area (Å²) in [7, 11) is 0. The summed E-state index contributed by atoms with van der Waals surface area (Å²) in [6, 6.07) is 7.78. The number of nitrogens with zero attached hydrogens (tertiary/aromatic N) is 2. The third-order valence-corrected chi connectivity index (χ3v) is 5.91. The quantitative estimate of drug-likeness (QED) is 0.447. The highest BCUT2D eigenvalue weighted by Crippen LogP contribution is 2.28. The second-order valence-corrected chi connectivity index (χ2v) is 8.16. The molecular formula is C19H25N5O2S. The van der Waals surface area contributed by atoms with Gasteiger partial charge in [-0.15, -0.1) is 11.3 Å². The summed E-state index contributed by atoms with van der Waals surface area (Å²) in [4.78, 5) is 18.1. The van der Waals surface area contributed by atoms with E-state index in [9.17, 15) is 9.90 Å². The fourth-order valence-electron chi connectivity index (χ4n) is 3.19. The van der Waals surface area contributed by atoms with Crippen LogP contribution in [-0.4, -0.2) is 51.5 Å². The molecule has 1 aliphatic heterocycles. The van der Waals surface area contributed by atoms with Gasteiger partial charge in [-0.25, -0.2) is 4.98 Å². The number of hydrogen-bond donors (Lipinski definition) is 4. The minimum absolute atomic E-state index is 0.0552. The first kappa shape index (κ1) is 19.3. The number of amidine groups is 1. The fraction of sp³-hybridized carbons (Fsp3) is 0.421. The van der Waals surface area contributed by atoms with Crippen molar-refractivity contribution in [2.75, 3.05) is 18.4 Å². The summed E-state index contributed by atoms with van der Waals surface area (Å²) in [6.45, 7) is 5.02. The number of benzene rings is 1. The Kier molecular flexibility index (Phi) is 5.48. The number of nitrogen functional groups attached to an aromatic ring is 1. The molecule has 0 unspecified atom stereocenters. The molecule has 1 aromatic heterocycles. The molecule has 2 aromatic rings. The lowest BCUT2D eigenvalue weighted by atomic mass is 9.96. The molecule has 1 saturated heterocycles. The van der Waals surface area contributed by atoms with Gasteiger partial charge >= 0.3 is 5.97 Å². The first-order chi connectivity index (χ1) is 12.8. The lowest BCUT2D eigenvalue weighted by molar-refractivity contribution is -0.150. The first-order valence-corrected chi connectivity index (χ1v) is 9.80. The molecule has 1 aliphatic rings. The number of thiazole rings is 1. The maximum atomic E-state index is 11.4. The van der Waals surface area contributed by atoms with Crippen molar-refractivity contribution < 1.29 is 9.90 Å². The van der Waals surface area contributed by atoms with E-state index in [2.05, 4.69) is 10.3 Å². The zero-order chi connectivity index (χ0) is 19.6. The second-order valence-electron chi connectivity index (χ2n) is 7.30. The Bertz CT molecular complexity index is 823. The molecule has 1 fully saturated rings. The maximum Gasteiger partial charge on any atom is 0.323 e. The molecule has 0 saturated carbocycles. The number of hydrogen-bond acceptors (Lipinski definition) is 6. The van der Waals surface area contributed by atoms with E-state index in [0.717, 1.165) is 42.3 Å². The van der Waals surface area contributed by atoms with Gasteiger partial charge in [0, 0.05) is 35.6 Å². The van der Waals surface area contributed by atoms with Crippen LogP contribution >= 0.6 is 11.3 Å². The summed E-state index contributed by atoms with van der Waals surface area (Å²) in [5, 5.41) is 23.2. The number of rotatable bonds is 6. The predicted octanol–water partition coefficient (Wildman–Crippen LogP) is 2.83. The van der Waals surface area contributed by atoms with Crippen LogP contribution in [0.4, 0.5) is 5.13 Å². The van der Waals surface area contributed by atoms with Crippen molar-refractivity contribution in [3.8, 4) is 11.3 Å². The van der Waals surface area contributed by atoms with Gasteiger partial charge in [-0.3, -0.25) is 15.1 Å². The highest BCUT2D eigenvalue weighted by Gasteiger charge is 2.36. The van der Waals surface area contributed by atoms with Gasteiger partial charge in [-0.2, -0.15) is 0 Å². The SMILES string of the molecule is CC(C)(C(=O)O)N1CCC(Nc2nc(-c3ccc(C(=N)N)cc3)cs2)CC1. The Morgan fingerprint density at radius 2 is 1.96 bits per heavy atom. The van der Waals surface area contributed by atoms with Crippen LogP contribution in [0.3, 0.4) is 0 Å². The van der Waals surface area contributed by atoms with E-state index in [1.165, 1.54) is 0 Å². The van der Waals surface area contributed by atoms with Gasteiger partial charge in [-0.05, 0) is 26.7 Å². The zero-order valence-electron chi connectivity index (χ0n) is 15.5. The lowest BCUT2D eigenvalue weighted by Gasteiger charge is -2.40. The molecule has 2 heterocycles. The van der Waals surface area contributed by atoms with Gasteiger partial charge in [0.1, 0.15) is 11.4 Å². The van der Waals surface area contributed by atoms with Crippen LogP contribution in [0.25, 0.3) is 11.3 Å². The Balaban J connectivity index is 1.59. The monoisotopic (exact) mass is 387 g/mol. The molecule has 0 amide bonds.